The van der Waals surface area contributed by atoms with Crippen LogP contribution < -0.4 is 5.32 Å². The van der Waals surface area contributed by atoms with Crippen LogP contribution >= 0.6 is 11.8 Å². The zero-order chi connectivity index (χ0) is 15.9. The molecule has 0 aliphatic rings. The Balaban J connectivity index is 2.58. The first-order chi connectivity index (χ1) is 9.82. The molecule has 0 aromatic heterocycles. The number of likely N-dealkylation sites (N-methyl/N-ethyl adjacent to an activating group) is 1. The molecular formula is C19H33NS. The summed E-state index contributed by atoms with van der Waals surface area (Å²) in [5.74, 6) is 3.24. The Kier molecular flexibility index (Phi) is 7.83. The van der Waals surface area contributed by atoms with Crippen molar-refractivity contribution in [3.63, 3.8) is 0 Å². The molecule has 2 heteroatoms. The van der Waals surface area contributed by atoms with E-state index in [2.05, 4.69) is 82.9 Å². The lowest BCUT2D eigenvalue weighted by atomic mass is 9.86. The van der Waals surface area contributed by atoms with Crippen molar-refractivity contribution in [1.29, 1.82) is 0 Å². The topological polar surface area (TPSA) is 12.0 Å². The molecule has 1 aromatic rings. The summed E-state index contributed by atoms with van der Waals surface area (Å²) in [6.45, 7) is 14.6. The Labute approximate surface area is 136 Å². The van der Waals surface area contributed by atoms with E-state index in [0.717, 1.165) is 18.9 Å². The van der Waals surface area contributed by atoms with E-state index in [4.69, 9.17) is 0 Å². The summed E-state index contributed by atoms with van der Waals surface area (Å²) >= 11 is 2.07. The van der Waals surface area contributed by atoms with Gasteiger partial charge in [-0.15, -0.1) is 0 Å². The van der Waals surface area contributed by atoms with Gasteiger partial charge in [0.25, 0.3) is 0 Å². The van der Waals surface area contributed by atoms with Crippen molar-refractivity contribution in [1.82, 2.24) is 5.32 Å². The zero-order valence-electron chi connectivity index (χ0n) is 14.7. The standard InChI is InChI=1S/C19H33NS/c1-7-20-18(14-21-13-15(2)3)12-16-8-10-17(11-9-16)19(4,5)6/h8-11,15,18,20H,7,12-14H2,1-6H3. The van der Waals surface area contributed by atoms with Crippen LogP contribution in [0.1, 0.15) is 52.7 Å². The van der Waals surface area contributed by atoms with Crippen molar-refractivity contribution in [3.8, 4) is 0 Å². The highest BCUT2D eigenvalue weighted by Gasteiger charge is 2.14. The van der Waals surface area contributed by atoms with Crippen LogP contribution in [-0.4, -0.2) is 24.1 Å². The van der Waals surface area contributed by atoms with Gasteiger partial charge >= 0.3 is 0 Å². The fourth-order valence-corrected chi connectivity index (χ4v) is 3.48. The summed E-state index contributed by atoms with van der Waals surface area (Å²) in [7, 11) is 0. The maximum atomic E-state index is 3.63. The molecule has 0 amide bonds. The molecule has 1 atom stereocenters. The highest BCUT2D eigenvalue weighted by atomic mass is 32.2. The Morgan fingerprint density at radius 2 is 1.67 bits per heavy atom. The van der Waals surface area contributed by atoms with Crippen molar-refractivity contribution in [2.45, 2.75) is 59.4 Å². The van der Waals surface area contributed by atoms with Crippen molar-refractivity contribution >= 4 is 11.8 Å². The molecule has 21 heavy (non-hydrogen) atoms. The van der Waals surface area contributed by atoms with E-state index in [1.165, 1.54) is 22.6 Å². The zero-order valence-corrected chi connectivity index (χ0v) is 15.5. The highest BCUT2D eigenvalue weighted by Crippen LogP contribution is 2.22. The summed E-state index contributed by atoms with van der Waals surface area (Å²) in [5, 5.41) is 3.63. The van der Waals surface area contributed by atoms with Crippen molar-refractivity contribution in [3.05, 3.63) is 35.4 Å². The third-order valence-corrected chi connectivity index (χ3v) is 5.11. The van der Waals surface area contributed by atoms with Crippen LogP contribution in [0.3, 0.4) is 0 Å². The van der Waals surface area contributed by atoms with E-state index in [0.29, 0.717) is 6.04 Å². The molecule has 1 aromatic carbocycles. The third kappa shape index (κ3) is 7.37. The fourth-order valence-electron chi connectivity index (χ4n) is 2.35. The molecule has 0 radical (unpaired) electrons. The van der Waals surface area contributed by atoms with Gasteiger partial charge in [-0.3, -0.25) is 0 Å². The molecule has 0 saturated carbocycles. The maximum Gasteiger partial charge on any atom is 0.0198 e. The first-order valence-corrected chi connectivity index (χ1v) is 9.39. The fraction of sp³-hybridized carbons (Fsp3) is 0.684. The van der Waals surface area contributed by atoms with Crippen LogP contribution in [0.2, 0.25) is 0 Å². The predicted molar refractivity (Wildman–Crippen MR) is 98.5 cm³/mol. The maximum absolute atomic E-state index is 3.63. The second kappa shape index (κ2) is 8.85. The Morgan fingerprint density at radius 1 is 1.05 bits per heavy atom. The molecule has 1 unspecified atom stereocenters. The summed E-state index contributed by atoms with van der Waals surface area (Å²) in [6, 6.07) is 9.77. The second-order valence-electron chi connectivity index (χ2n) is 7.34. The molecule has 1 N–H and O–H groups in total. The number of nitrogens with one attached hydrogen (secondary N) is 1. The first kappa shape index (κ1) is 18.6. The molecule has 1 nitrogen and oxygen atoms in total. The summed E-state index contributed by atoms with van der Waals surface area (Å²) in [6.07, 6.45) is 1.13. The Bertz CT molecular complexity index is 389. The molecule has 0 spiro atoms. The van der Waals surface area contributed by atoms with E-state index in [1.807, 2.05) is 0 Å². The predicted octanol–water partition coefficient (Wildman–Crippen LogP) is 4.89. The van der Waals surface area contributed by atoms with Gasteiger partial charge in [0.05, 0.1) is 0 Å². The SMILES string of the molecule is CCNC(CSCC(C)C)Cc1ccc(C(C)(C)C)cc1. The molecule has 0 aliphatic carbocycles. The van der Waals surface area contributed by atoms with E-state index in [-0.39, 0.29) is 5.41 Å². The quantitative estimate of drug-likeness (QED) is 0.733. The van der Waals surface area contributed by atoms with Gasteiger partial charge in [0.1, 0.15) is 0 Å². The van der Waals surface area contributed by atoms with Gasteiger partial charge in [-0.2, -0.15) is 11.8 Å². The minimum Gasteiger partial charge on any atom is -0.313 e. The van der Waals surface area contributed by atoms with Gasteiger partial charge in [-0.05, 0) is 41.2 Å². The van der Waals surface area contributed by atoms with Crippen LogP contribution in [0.4, 0.5) is 0 Å². The van der Waals surface area contributed by atoms with E-state index in [9.17, 15) is 0 Å². The molecule has 0 fully saturated rings. The smallest absolute Gasteiger partial charge is 0.0198 e. The summed E-state index contributed by atoms with van der Waals surface area (Å²) in [5.41, 5.74) is 3.10. The number of benzene rings is 1. The average Bonchev–Trinajstić information content (AvgIpc) is 2.38. The van der Waals surface area contributed by atoms with E-state index < -0.39 is 0 Å². The van der Waals surface area contributed by atoms with E-state index in [1.54, 1.807) is 0 Å². The van der Waals surface area contributed by atoms with Gasteiger partial charge in [0.2, 0.25) is 0 Å². The lowest BCUT2D eigenvalue weighted by molar-refractivity contribution is 0.570. The van der Waals surface area contributed by atoms with Crippen molar-refractivity contribution < 1.29 is 0 Å². The van der Waals surface area contributed by atoms with Crippen LogP contribution in [0.5, 0.6) is 0 Å². The molecule has 1 rings (SSSR count). The lowest BCUT2D eigenvalue weighted by Gasteiger charge is -2.21. The van der Waals surface area contributed by atoms with Crippen LogP contribution in [0.15, 0.2) is 24.3 Å². The largest absolute Gasteiger partial charge is 0.313 e. The van der Waals surface area contributed by atoms with Crippen molar-refractivity contribution in [2.75, 3.05) is 18.1 Å². The second-order valence-corrected chi connectivity index (χ2v) is 8.41. The summed E-state index contributed by atoms with van der Waals surface area (Å²) < 4.78 is 0. The molecule has 120 valence electrons. The van der Waals surface area contributed by atoms with Crippen LogP contribution in [-0.2, 0) is 11.8 Å². The number of hydrogen-bond donors (Lipinski definition) is 1. The van der Waals surface area contributed by atoms with Gasteiger partial charge in [-0.1, -0.05) is 65.8 Å². The first-order valence-electron chi connectivity index (χ1n) is 8.23. The van der Waals surface area contributed by atoms with Gasteiger partial charge in [0.15, 0.2) is 0 Å². The highest BCUT2D eigenvalue weighted by molar-refractivity contribution is 7.99. The monoisotopic (exact) mass is 307 g/mol. The van der Waals surface area contributed by atoms with Gasteiger partial charge < -0.3 is 5.32 Å². The Morgan fingerprint density at radius 3 is 2.14 bits per heavy atom. The lowest BCUT2D eigenvalue weighted by Crippen LogP contribution is -2.33. The molecule has 0 bridgehead atoms. The molecule has 0 saturated heterocycles. The average molecular weight is 308 g/mol. The molecule has 0 heterocycles. The van der Waals surface area contributed by atoms with Gasteiger partial charge in [-0.25, -0.2) is 0 Å². The van der Waals surface area contributed by atoms with Gasteiger partial charge in [0, 0.05) is 11.8 Å². The number of thioether (sulfide) groups is 1. The molecular weight excluding hydrogens is 274 g/mol. The van der Waals surface area contributed by atoms with E-state index >= 15 is 0 Å². The number of rotatable bonds is 8. The minimum absolute atomic E-state index is 0.243. The van der Waals surface area contributed by atoms with Crippen LogP contribution in [0, 0.1) is 5.92 Å². The van der Waals surface area contributed by atoms with Crippen LogP contribution in [0.25, 0.3) is 0 Å². The minimum atomic E-state index is 0.243. The Hall–Kier alpha value is -0.470. The third-order valence-electron chi connectivity index (χ3n) is 3.57. The summed E-state index contributed by atoms with van der Waals surface area (Å²) in [4.78, 5) is 0. The number of hydrogen-bond acceptors (Lipinski definition) is 2. The normalized spacial score (nSPS) is 13.7. The molecule has 0 aliphatic heterocycles. The van der Waals surface area contributed by atoms with Crippen molar-refractivity contribution in [2.24, 2.45) is 5.92 Å².